The van der Waals surface area contributed by atoms with E-state index < -0.39 is 5.97 Å². The van der Waals surface area contributed by atoms with Gasteiger partial charge in [-0.2, -0.15) is 0 Å². The summed E-state index contributed by atoms with van der Waals surface area (Å²) in [5.41, 5.74) is 2.98. The Labute approximate surface area is 141 Å². The van der Waals surface area contributed by atoms with Crippen molar-refractivity contribution >= 4 is 17.8 Å². The normalized spacial score (nSPS) is 10.8. The molecule has 0 saturated heterocycles. The first-order chi connectivity index (χ1) is 11.5. The van der Waals surface area contributed by atoms with Gasteiger partial charge >= 0.3 is 5.97 Å². The van der Waals surface area contributed by atoms with E-state index in [2.05, 4.69) is 4.98 Å². The number of methoxy groups -OCH3 is 1. The fourth-order valence-corrected chi connectivity index (χ4v) is 2.50. The highest BCUT2D eigenvalue weighted by atomic mass is 16.5. The molecule has 0 saturated carbocycles. The first-order valence-corrected chi connectivity index (χ1v) is 7.70. The Morgan fingerprint density at radius 2 is 1.83 bits per heavy atom. The third-order valence-electron chi connectivity index (χ3n) is 3.71. The number of H-pyrrole nitrogens is 1. The van der Waals surface area contributed by atoms with Crippen LogP contribution < -0.4 is 4.74 Å². The quantitative estimate of drug-likeness (QED) is 0.499. The number of aryl methyl sites for hydroxylation is 1. The number of esters is 1. The molecule has 1 aromatic heterocycles. The maximum atomic E-state index is 12.5. The molecule has 0 aliphatic rings. The highest BCUT2D eigenvalue weighted by molar-refractivity contribution is 6.10. The average Bonchev–Trinajstić information content (AvgIpc) is 2.88. The van der Waals surface area contributed by atoms with Crippen molar-refractivity contribution in [3.05, 3.63) is 58.4 Å². The SMILES string of the molecule is CCOC(=O)c1[nH]c(C)c(C(=O)C=Cc2ccc(OC)cc2)c1C. The minimum Gasteiger partial charge on any atom is -0.497 e. The summed E-state index contributed by atoms with van der Waals surface area (Å²) in [5, 5.41) is 0. The molecule has 24 heavy (non-hydrogen) atoms. The zero-order valence-electron chi connectivity index (χ0n) is 14.3. The molecule has 0 amide bonds. The Hall–Kier alpha value is -2.82. The first kappa shape index (κ1) is 17.5. The summed E-state index contributed by atoms with van der Waals surface area (Å²) in [5.74, 6) is 0.152. The monoisotopic (exact) mass is 327 g/mol. The predicted octanol–water partition coefficient (Wildman–Crippen LogP) is 3.71. The lowest BCUT2D eigenvalue weighted by Gasteiger charge is -2.01. The molecular formula is C19H21NO4. The Morgan fingerprint density at radius 3 is 2.42 bits per heavy atom. The highest BCUT2D eigenvalue weighted by Gasteiger charge is 2.21. The molecule has 0 unspecified atom stereocenters. The number of carbonyl (C=O) groups excluding carboxylic acids is 2. The molecule has 5 heteroatoms. The van der Waals surface area contributed by atoms with Gasteiger partial charge in [0.05, 0.1) is 13.7 Å². The van der Waals surface area contributed by atoms with E-state index in [-0.39, 0.29) is 12.4 Å². The smallest absolute Gasteiger partial charge is 0.355 e. The lowest BCUT2D eigenvalue weighted by atomic mass is 10.0. The number of allylic oxidation sites excluding steroid dienone is 1. The van der Waals surface area contributed by atoms with Crippen molar-refractivity contribution in [2.24, 2.45) is 0 Å². The van der Waals surface area contributed by atoms with Crippen molar-refractivity contribution in [3.8, 4) is 5.75 Å². The van der Waals surface area contributed by atoms with Crippen LogP contribution in [0.3, 0.4) is 0 Å². The van der Waals surface area contributed by atoms with Gasteiger partial charge in [-0.15, -0.1) is 0 Å². The largest absolute Gasteiger partial charge is 0.497 e. The van der Waals surface area contributed by atoms with Gasteiger partial charge in [0.2, 0.25) is 0 Å². The summed E-state index contributed by atoms with van der Waals surface area (Å²) in [6, 6.07) is 7.39. The van der Waals surface area contributed by atoms with Gasteiger partial charge in [0.1, 0.15) is 11.4 Å². The van der Waals surface area contributed by atoms with Crippen LogP contribution in [0.5, 0.6) is 5.75 Å². The Kier molecular flexibility index (Phi) is 5.58. The highest BCUT2D eigenvalue weighted by Crippen LogP contribution is 2.20. The Balaban J connectivity index is 2.23. The van der Waals surface area contributed by atoms with Crippen LogP contribution in [0.2, 0.25) is 0 Å². The molecule has 2 rings (SSSR count). The Morgan fingerprint density at radius 1 is 1.17 bits per heavy atom. The number of carbonyl (C=O) groups is 2. The Bertz CT molecular complexity index is 769. The van der Waals surface area contributed by atoms with Gasteiger partial charge in [0.15, 0.2) is 5.78 Å². The summed E-state index contributed by atoms with van der Waals surface area (Å²) in [4.78, 5) is 27.3. The van der Waals surface area contributed by atoms with E-state index in [1.807, 2.05) is 24.3 Å². The summed E-state index contributed by atoms with van der Waals surface area (Å²) < 4.78 is 10.1. The molecule has 5 nitrogen and oxygen atoms in total. The van der Waals surface area contributed by atoms with Crippen LogP contribution in [0, 0.1) is 13.8 Å². The molecule has 0 fully saturated rings. The molecule has 1 heterocycles. The molecule has 2 aromatic rings. The van der Waals surface area contributed by atoms with E-state index in [0.717, 1.165) is 11.3 Å². The van der Waals surface area contributed by atoms with E-state index >= 15 is 0 Å². The number of aromatic nitrogens is 1. The van der Waals surface area contributed by atoms with Crippen LogP contribution in [0.25, 0.3) is 6.08 Å². The molecule has 0 spiro atoms. The van der Waals surface area contributed by atoms with Gasteiger partial charge in [0.25, 0.3) is 0 Å². The summed E-state index contributed by atoms with van der Waals surface area (Å²) in [6.07, 6.45) is 3.23. The molecule has 0 atom stereocenters. The second-order valence-electron chi connectivity index (χ2n) is 5.32. The molecule has 0 aliphatic heterocycles. The third kappa shape index (κ3) is 3.74. The number of rotatable bonds is 6. The van der Waals surface area contributed by atoms with Crippen LogP contribution in [-0.4, -0.2) is 30.5 Å². The number of aromatic amines is 1. The van der Waals surface area contributed by atoms with E-state index in [4.69, 9.17) is 9.47 Å². The number of benzene rings is 1. The molecule has 0 radical (unpaired) electrons. The maximum absolute atomic E-state index is 12.5. The van der Waals surface area contributed by atoms with Crippen molar-refractivity contribution in [3.63, 3.8) is 0 Å². The molecule has 0 aliphatic carbocycles. The van der Waals surface area contributed by atoms with Gasteiger partial charge in [-0.1, -0.05) is 18.2 Å². The average molecular weight is 327 g/mol. The number of hydrogen-bond acceptors (Lipinski definition) is 4. The second-order valence-corrected chi connectivity index (χ2v) is 5.32. The van der Waals surface area contributed by atoms with E-state index in [1.165, 1.54) is 6.08 Å². The predicted molar refractivity (Wildman–Crippen MR) is 92.6 cm³/mol. The van der Waals surface area contributed by atoms with E-state index in [0.29, 0.717) is 22.5 Å². The molecular weight excluding hydrogens is 306 g/mol. The maximum Gasteiger partial charge on any atom is 0.355 e. The fraction of sp³-hybridized carbons (Fsp3) is 0.263. The molecule has 126 valence electrons. The lowest BCUT2D eigenvalue weighted by molar-refractivity contribution is 0.0519. The zero-order valence-corrected chi connectivity index (χ0v) is 14.3. The van der Waals surface area contributed by atoms with Crippen molar-refractivity contribution in [2.45, 2.75) is 20.8 Å². The zero-order chi connectivity index (χ0) is 17.7. The molecule has 1 N–H and O–H groups in total. The van der Waals surface area contributed by atoms with Gasteiger partial charge in [-0.25, -0.2) is 4.79 Å². The van der Waals surface area contributed by atoms with E-state index in [1.54, 1.807) is 34.0 Å². The number of nitrogens with one attached hydrogen (secondary N) is 1. The first-order valence-electron chi connectivity index (χ1n) is 7.70. The van der Waals surface area contributed by atoms with Gasteiger partial charge in [-0.05, 0) is 50.1 Å². The van der Waals surface area contributed by atoms with Crippen molar-refractivity contribution < 1.29 is 19.1 Å². The van der Waals surface area contributed by atoms with Crippen LogP contribution in [0.4, 0.5) is 0 Å². The van der Waals surface area contributed by atoms with Crippen molar-refractivity contribution in [1.29, 1.82) is 0 Å². The lowest BCUT2D eigenvalue weighted by Crippen LogP contribution is -2.07. The van der Waals surface area contributed by atoms with Crippen LogP contribution in [0.1, 0.15) is 44.6 Å². The second kappa shape index (κ2) is 7.64. The standard InChI is InChI=1S/C19H21NO4/c1-5-24-19(22)18-12(2)17(13(3)20-18)16(21)11-8-14-6-9-15(23-4)10-7-14/h6-11,20H,5H2,1-4H3. The van der Waals surface area contributed by atoms with Crippen molar-refractivity contribution in [2.75, 3.05) is 13.7 Å². The topological polar surface area (TPSA) is 68.4 Å². The van der Waals surface area contributed by atoms with Gasteiger partial charge in [0, 0.05) is 11.3 Å². The minimum absolute atomic E-state index is 0.160. The minimum atomic E-state index is -0.448. The third-order valence-corrected chi connectivity index (χ3v) is 3.71. The number of ketones is 1. The number of hydrogen-bond donors (Lipinski definition) is 1. The van der Waals surface area contributed by atoms with Crippen molar-refractivity contribution in [1.82, 2.24) is 4.98 Å². The summed E-state index contributed by atoms with van der Waals surface area (Å²) in [7, 11) is 1.60. The number of ether oxygens (including phenoxy) is 2. The van der Waals surface area contributed by atoms with Gasteiger partial charge < -0.3 is 14.5 Å². The molecule has 0 bridgehead atoms. The van der Waals surface area contributed by atoms with Crippen LogP contribution in [-0.2, 0) is 4.74 Å². The van der Waals surface area contributed by atoms with Gasteiger partial charge in [-0.3, -0.25) is 4.79 Å². The summed E-state index contributed by atoms with van der Waals surface area (Å²) in [6.45, 7) is 5.54. The summed E-state index contributed by atoms with van der Waals surface area (Å²) >= 11 is 0. The van der Waals surface area contributed by atoms with Crippen LogP contribution >= 0.6 is 0 Å². The fourth-order valence-electron chi connectivity index (χ4n) is 2.50. The van der Waals surface area contributed by atoms with Crippen LogP contribution in [0.15, 0.2) is 30.3 Å². The molecule has 1 aromatic carbocycles. The van der Waals surface area contributed by atoms with E-state index in [9.17, 15) is 9.59 Å².